The predicted octanol–water partition coefficient (Wildman–Crippen LogP) is 1.18. The molecule has 0 aliphatic carbocycles. The average molecular weight is 348 g/mol. The van der Waals surface area contributed by atoms with Crippen LogP contribution in [0.25, 0.3) is 6.08 Å². The summed E-state index contributed by atoms with van der Waals surface area (Å²) in [6.45, 7) is 4.14. The van der Waals surface area contributed by atoms with Crippen molar-refractivity contribution in [3.63, 3.8) is 0 Å². The third kappa shape index (κ3) is 5.69. The standard InChI is InChI=1S/C14H25N3O3S2/c1-11-12(9-14(21-11)22(15,18)19)8-13(16(2)3)10-17(4)6-7-20-5/h8-9H,6-7,10H2,1-5H3,(H2,15,18,19)/b13-8-. The Kier molecular flexibility index (Phi) is 7.01. The van der Waals surface area contributed by atoms with Gasteiger partial charge in [0.1, 0.15) is 4.21 Å². The van der Waals surface area contributed by atoms with Crippen molar-refractivity contribution < 1.29 is 13.2 Å². The highest BCUT2D eigenvalue weighted by atomic mass is 32.2. The van der Waals surface area contributed by atoms with E-state index in [0.717, 1.165) is 29.2 Å². The second-order valence-electron chi connectivity index (χ2n) is 5.38. The van der Waals surface area contributed by atoms with Crippen LogP contribution in [0.2, 0.25) is 0 Å². The molecule has 22 heavy (non-hydrogen) atoms. The first kappa shape index (κ1) is 19.1. The first-order chi connectivity index (χ1) is 10.1. The minimum Gasteiger partial charge on any atom is -0.383 e. The fourth-order valence-electron chi connectivity index (χ4n) is 1.85. The number of rotatable bonds is 8. The zero-order chi connectivity index (χ0) is 16.9. The van der Waals surface area contributed by atoms with E-state index in [1.54, 1.807) is 13.2 Å². The third-order valence-corrected chi connectivity index (χ3v) is 5.71. The van der Waals surface area contributed by atoms with Gasteiger partial charge in [0.15, 0.2) is 0 Å². The highest BCUT2D eigenvalue weighted by Gasteiger charge is 2.14. The number of nitrogens with two attached hydrogens (primary N) is 1. The van der Waals surface area contributed by atoms with Gasteiger partial charge in [0, 0.05) is 44.9 Å². The molecule has 1 aromatic rings. The highest BCUT2D eigenvalue weighted by Crippen LogP contribution is 2.27. The van der Waals surface area contributed by atoms with Gasteiger partial charge in [0.25, 0.3) is 0 Å². The number of thiophene rings is 1. The number of hydrogen-bond acceptors (Lipinski definition) is 6. The molecule has 1 rings (SSSR count). The molecule has 0 aliphatic rings. The largest absolute Gasteiger partial charge is 0.383 e. The summed E-state index contributed by atoms with van der Waals surface area (Å²) < 4.78 is 28.2. The first-order valence-electron chi connectivity index (χ1n) is 6.83. The zero-order valence-corrected chi connectivity index (χ0v) is 15.4. The maximum atomic E-state index is 11.4. The average Bonchev–Trinajstić information content (AvgIpc) is 2.77. The Morgan fingerprint density at radius 3 is 2.50 bits per heavy atom. The molecule has 0 aromatic carbocycles. The minimum absolute atomic E-state index is 0.196. The lowest BCUT2D eigenvalue weighted by molar-refractivity contribution is 0.163. The van der Waals surface area contributed by atoms with E-state index < -0.39 is 10.0 Å². The van der Waals surface area contributed by atoms with Gasteiger partial charge in [0.05, 0.1) is 6.61 Å². The van der Waals surface area contributed by atoms with Crippen LogP contribution in [-0.4, -0.2) is 66.2 Å². The molecule has 0 atom stereocenters. The molecular formula is C14H25N3O3S2. The fraction of sp³-hybridized carbons (Fsp3) is 0.571. The number of nitrogens with zero attached hydrogens (tertiary/aromatic N) is 2. The predicted molar refractivity (Wildman–Crippen MR) is 91.5 cm³/mol. The molecule has 0 saturated carbocycles. The van der Waals surface area contributed by atoms with E-state index in [0.29, 0.717) is 6.61 Å². The second kappa shape index (κ2) is 8.07. The molecular weight excluding hydrogens is 322 g/mol. The molecule has 0 saturated heterocycles. The summed E-state index contributed by atoms with van der Waals surface area (Å²) in [6.07, 6.45) is 2.00. The Morgan fingerprint density at radius 1 is 1.41 bits per heavy atom. The third-order valence-electron chi connectivity index (χ3n) is 3.22. The van der Waals surface area contributed by atoms with Gasteiger partial charge in [-0.05, 0) is 31.7 Å². The lowest BCUT2D eigenvalue weighted by atomic mass is 10.2. The molecule has 2 N–H and O–H groups in total. The van der Waals surface area contributed by atoms with Gasteiger partial charge in [0.2, 0.25) is 10.0 Å². The van der Waals surface area contributed by atoms with Gasteiger partial charge in [-0.3, -0.25) is 4.90 Å². The van der Waals surface area contributed by atoms with Gasteiger partial charge >= 0.3 is 0 Å². The van der Waals surface area contributed by atoms with Crippen molar-refractivity contribution in [1.82, 2.24) is 9.80 Å². The summed E-state index contributed by atoms with van der Waals surface area (Å²) in [4.78, 5) is 5.11. The Hall–Kier alpha value is -0.930. The van der Waals surface area contributed by atoms with Crippen molar-refractivity contribution in [2.45, 2.75) is 11.1 Å². The van der Waals surface area contributed by atoms with Crippen LogP contribution in [0.5, 0.6) is 0 Å². The summed E-state index contributed by atoms with van der Waals surface area (Å²) in [5.74, 6) is 0. The van der Waals surface area contributed by atoms with Crippen molar-refractivity contribution in [2.75, 3.05) is 47.9 Å². The molecule has 126 valence electrons. The van der Waals surface area contributed by atoms with Gasteiger partial charge in [-0.1, -0.05) is 0 Å². The number of primary sulfonamides is 1. The van der Waals surface area contributed by atoms with E-state index in [-0.39, 0.29) is 4.21 Å². The van der Waals surface area contributed by atoms with E-state index in [1.165, 1.54) is 11.3 Å². The molecule has 0 fully saturated rings. The van der Waals surface area contributed by atoms with Gasteiger partial charge in [-0.25, -0.2) is 13.6 Å². The topological polar surface area (TPSA) is 75.9 Å². The quantitative estimate of drug-likeness (QED) is 0.764. The number of sulfonamides is 1. The first-order valence-corrected chi connectivity index (χ1v) is 9.20. The Balaban J connectivity index is 3.01. The van der Waals surface area contributed by atoms with E-state index in [9.17, 15) is 8.42 Å². The SMILES string of the molecule is COCCN(C)C/C(=C/c1cc(S(N)(=O)=O)sc1C)N(C)C. The van der Waals surface area contributed by atoms with E-state index >= 15 is 0 Å². The summed E-state index contributed by atoms with van der Waals surface area (Å²) in [6, 6.07) is 1.63. The highest BCUT2D eigenvalue weighted by molar-refractivity contribution is 7.91. The number of likely N-dealkylation sites (N-methyl/N-ethyl adjacent to an activating group) is 2. The molecule has 0 bridgehead atoms. The Bertz CT molecular complexity index is 621. The number of methoxy groups -OCH3 is 1. The summed E-state index contributed by atoms with van der Waals surface area (Å²) in [5, 5.41) is 5.19. The van der Waals surface area contributed by atoms with E-state index in [4.69, 9.17) is 9.88 Å². The Labute approximate surface area is 137 Å². The van der Waals surface area contributed by atoms with Crippen molar-refractivity contribution in [3.05, 3.63) is 22.2 Å². The molecule has 0 aliphatic heterocycles. The van der Waals surface area contributed by atoms with Crippen LogP contribution in [0.15, 0.2) is 16.0 Å². The number of aryl methyl sites for hydroxylation is 1. The molecule has 0 radical (unpaired) electrons. The molecule has 8 heteroatoms. The van der Waals surface area contributed by atoms with E-state index in [2.05, 4.69) is 4.90 Å². The van der Waals surface area contributed by atoms with Crippen LogP contribution in [0.4, 0.5) is 0 Å². The van der Waals surface area contributed by atoms with Gasteiger partial charge in [-0.2, -0.15) is 0 Å². The second-order valence-corrected chi connectivity index (χ2v) is 8.43. The molecule has 6 nitrogen and oxygen atoms in total. The van der Waals surface area contributed by atoms with Gasteiger partial charge in [-0.15, -0.1) is 11.3 Å². The number of ether oxygens (including phenoxy) is 1. The van der Waals surface area contributed by atoms with Crippen molar-refractivity contribution >= 4 is 27.4 Å². The molecule has 1 heterocycles. The van der Waals surface area contributed by atoms with Crippen molar-refractivity contribution in [3.8, 4) is 0 Å². The number of hydrogen-bond donors (Lipinski definition) is 1. The lowest BCUT2D eigenvalue weighted by Gasteiger charge is -2.23. The Morgan fingerprint density at radius 2 is 2.05 bits per heavy atom. The summed E-state index contributed by atoms with van der Waals surface area (Å²) in [7, 11) is 4.00. The smallest absolute Gasteiger partial charge is 0.247 e. The lowest BCUT2D eigenvalue weighted by Crippen LogP contribution is -2.29. The maximum Gasteiger partial charge on any atom is 0.247 e. The normalized spacial score (nSPS) is 13.0. The summed E-state index contributed by atoms with van der Waals surface area (Å²) >= 11 is 1.20. The van der Waals surface area contributed by atoms with Crippen LogP contribution in [0.1, 0.15) is 10.4 Å². The monoisotopic (exact) mass is 347 g/mol. The van der Waals surface area contributed by atoms with Crippen LogP contribution in [-0.2, 0) is 14.8 Å². The summed E-state index contributed by atoms with van der Waals surface area (Å²) in [5.41, 5.74) is 1.97. The minimum atomic E-state index is -3.65. The van der Waals surface area contributed by atoms with Crippen LogP contribution < -0.4 is 5.14 Å². The van der Waals surface area contributed by atoms with Crippen LogP contribution >= 0.6 is 11.3 Å². The van der Waals surface area contributed by atoms with Crippen LogP contribution in [0, 0.1) is 6.92 Å². The zero-order valence-electron chi connectivity index (χ0n) is 13.8. The molecule has 0 amide bonds. The molecule has 0 unspecified atom stereocenters. The van der Waals surface area contributed by atoms with Crippen molar-refractivity contribution in [2.24, 2.45) is 5.14 Å². The maximum absolute atomic E-state index is 11.4. The molecule has 1 aromatic heterocycles. The van der Waals surface area contributed by atoms with Crippen molar-refractivity contribution in [1.29, 1.82) is 0 Å². The van der Waals surface area contributed by atoms with E-state index in [1.807, 2.05) is 39.0 Å². The van der Waals surface area contributed by atoms with Gasteiger partial charge < -0.3 is 9.64 Å². The fourth-order valence-corrected chi connectivity index (χ4v) is 3.70. The van der Waals surface area contributed by atoms with Crippen LogP contribution in [0.3, 0.4) is 0 Å². The molecule has 0 spiro atoms.